The summed E-state index contributed by atoms with van der Waals surface area (Å²) in [6, 6.07) is 6.77. The van der Waals surface area contributed by atoms with E-state index in [-0.39, 0.29) is 29.5 Å². The van der Waals surface area contributed by atoms with Gasteiger partial charge in [0.05, 0.1) is 6.04 Å². The molecule has 272 valence electrons. The van der Waals surface area contributed by atoms with Crippen LogP contribution in [0.1, 0.15) is 104 Å². The van der Waals surface area contributed by atoms with Gasteiger partial charge in [0.2, 0.25) is 11.7 Å². The molecule has 3 saturated carbocycles. The third kappa shape index (κ3) is 7.81. The molecule has 0 bridgehead atoms. The van der Waals surface area contributed by atoms with E-state index in [1.807, 2.05) is 51.1 Å². The number of nitrogens with zero attached hydrogens (tertiary/aromatic N) is 1. The summed E-state index contributed by atoms with van der Waals surface area (Å²) in [5.41, 5.74) is 3.90. The Labute approximate surface area is 295 Å². The van der Waals surface area contributed by atoms with Crippen molar-refractivity contribution in [3.05, 3.63) is 48.6 Å². The third-order valence-electron chi connectivity index (χ3n) is 11.6. The second-order valence-corrected chi connectivity index (χ2v) is 16.7. The van der Waals surface area contributed by atoms with Gasteiger partial charge in [0.25, 0.3) is 5.91 Å². The predicted octanol–water partition coefficient (Wildman–Crippen LogP) is 4.79. The Hall–Kier alpha value is -4.02. The number of Topliss-reactive ketones (excluding diaryl/α,β-unsaturated/α-hetero) is 2. The van der Waals surface area contributed by atoms with Crippen LogP contribution in [0.3, 0.4) is 0 Å². The normalized spacial score (nSPS) is 25.2. The first-order valence-corrected chi connectivity index (χ1v) is 18.1. The Balaban J connectivity index is 1.33. The molecule has 0 radical (unpaired) electrons. The van der Waals surface area contributed by atoms with Gasteiger partial charge in [-0.2, -0.15) is 0 Å². The maximum Gasteiger partial charge on any atom is 0.332 e. The Morgan fingerprint density at radius 3 is 2.24 bits per heavy atom. The average molecular weight is 691 g/mol. The summed E-state index contributed by atoms with van der Waals surface area (Å²) in [6.07, 6.45) is 6.16. The zero-order chi connectivity index (χ0) is 36.6. The highest BCUT2D eigenvalue weighted by atomic mass is 16.5. The van der Waals surface area contributed by atoms with Gasteiger partial charge in [0.15, 0.2) is 5.78 Å². The van der Waals surface area contributed by atoms with Crippen molar-refractivity contribution in [3.8, 4) is 0 Å². The molecular formula is C39H54N4O7. The molecule has 1 aromatic carbocycles. The molecular weight excluding hydrogens is 636 g/mol. The standard InChI is InChI=1S/C39H54N4O7/c1-7-28(24-14-10-8-11-15-24)50-35(48)39(18-12-9-13-19-39)42-36(49)41-32(37(2,3)4)34(47)43-22-26-29(38(26,5)6)30(43)27(44)21-25(20-23-16-17-23)31(45)33(40)46/h7-8,10-11,14-15,23,25-26,28-30,32H,1,9,12-13,16-22H2,2-6H3,(H2,40,46)(H2,41,42,49)/t25?,26-,28?,29-,30+,32+/m0/s1. The van der Waals surface area contributed by atoms with Gasteiger partial charge < -0.3 is 26.0 Å². The van der Waals surface area contributed by atoms with Crippen LogP contribution in [0, 0.1) is 34.5 Å². The zero-order valence-electron chi connectivity index (χ0n) is 30.2. The van der Waals surface area contributed by atoms with Crippen LogP contribution in [0.2, 0.25) is 0 Å². The van der Waals surface area contributed by atoms with Crippen LogP contribution in [-0.4, -0.2) is 64.4 Å². The summed E-state index contributed by atoms with van der Waals surface area (Å²) < 4.78 is 5.93. The van der Waals surface area contributed by atoms with Crippen molar-refractivity contribution in [3.63, 3.8) is 0 Å². The number of hydrogen-bond donors (Lipinski definition) is 3. The number of benzene rings is 1. The number of carbonyl (C=O) groups excluding carboxylic acids is 6. The molecule has 1 aliphatic heterocycles. The Morgan fingerprint density at radius 2 is 1.68 bits per heavy atom. The molecule has 6 atom stereocenters. The molecule has 0 aromatic heterocycles. The van der Waals surface area contributed by atoms with Gasteiger partial charge in [0.1, 0.15) is 17.7 Å². The molecule has 50 heavy (non-hydrogen) atoms. The van der Waals surface area contributed by atoms with Gasteiger partial charge >= 0.3 is 12.0 Å². The van der Waals surface area contributed by atoms with Crippen molar-refractivity contribution < 1.29 is 33.5 Å². The van der Waals surface area contributed by atoms with Gasteiger partial charge in [0, 0.05) is 18.9 Å². The van der Waals surface area contributed by atoms with Gasteiger partial charge in [-0.15, -0.1) is 0 Å². The summed E-state index contributed by atoms with van der Waals surface area (Å²) in [6.45, 7) is 13.9. The lowest BCUT2D eigenvalue weighted by Gasteiger charge is -2.40. The van der Waals surface area contributed by atoms with Crippen LogP contribution < -0.4 is 16.4 Å². The van der Waals surface area contributed by atoms with E-state index < -0.39 is 64.7 Å². The minimum absolute atomic E-state index is 0.0891. The molecule has 11 heteroatoms. The molecule has 0 spiro atoms. The number of amides is 4. The number of primary amides is 1. The quantitative estimate of drug-likeness (QED) is 0.144. The first-order chi connectivity index (χ1) is 23.5. The smallest absolute Gasteiger partial charge is 0.332 e. The first-order valence-electron chi connectivity index (χ1n) is 18.1. The molecule has 5 rings (SSSR count). The van der Waals surface area contributed by atoms with Crippen LogP contribution >= 0.6 is 0 Å². The molecule has 1 aromatic rings. The van der Waals surface area contributed by atoms with Gasteiger partial charge in [-0.3, -0.25) is 19.2 Å². The molecule has 11 nitrogen and oxygen atoms in total. The summed E-state index contributed by atoms with van der Waals surface area (Å²) in [5.74, 6) is -3.51. The summed E-state index contributed by atoms with van der Waals surface area (Å²) in [7, 11) is 0. The van der Waals surface area contributed by atoms with E-state index in [0.717, 1.165) is 37.7 Å². The van der Waals surface area contributed by atoms with E-state index >= 15 is 0 Å². The lowest BCUT2D eigenvalue weighted by atomic mass is 9.81. The molecule has 1 saturated heterocycles. The van der Waals surface area contributed by atoms with Crippen LogP contribution in [0.15, 0.2) is 43.0 Å². The Morgan fingerprint density at radius 1 is 1.04 bits per heavy atom. The molecule has 4 fully saturated rings. The molecule has 2 unspecified atom stereocenters. The van der Waals surface area contributed by atoms with E-state index in [0.29, 0.717) is 31.7 Å². The fourth-order valence-electron chi connectivity index (χ4n) is 8.34. The van der Waals surface area contributed by atoms with Crippen molar-refractivity contribution >= 4 is 35.4 Å². The van der Waals surface area contributed by atoms with Crippen molar-refractivity contribution in [2.45, 2.75) is 116 Å². The van der Waals surface area contributed by atoms with Crippen molar-refractivity contribution in [1.29, 1.82) is 0 Å². The van der Waals surface area contributed by atoms with E-state index in [1.54, 1.807) is 11.0 Å². The number of esters is 1. The topological polar surface area (TPSA) is 165 Å². The zero-order valence-corrected chi connectivity index (χ0v) is 30.2. The highest BCUT2D eigenvalue weighted by Gasteiger charge is 2.69. The summed E-state index contributed by atoms with van der Waals surface area (Å²) in [4.78, 5) is 82.3. The lowest BCUT2D eigenvalue weighted by Crippen LogP contribution is -2.64. The van der Waals surface area contributed by atoms with Crippen molar-refractivity contribution in [1.82, 2.24) is 15.5 Å². The number of hydrogen-bond acceptors (Lipinski definition) is 7. The first kappa shape index (κ1) is 37.2. The average Bonchev–Trinajstić information content (AvgIpc) is 3.92. The Bertz CT molecular complexity index is 1510. The van der Waals surface area contributed by atoms with Crippen LogP contribution in [0.4, 0.5) is 4.79 Å². The molecule has 1 heterocycles. The molecule has 3 aliphatic carbocycles. The predicted molar refractivity (Wildman–Crippen MR) is 187 cm³/mol. The van der Waals surface area contributed by atoms with E-state index in [4.69, 9.17) is 10.5 Å². The van der Waals surface area contributed by atoms with Gasteiger partial charge in [-0.1, -0.05) is 104 Å². The molecule has 4 N–H and O–H groups in total. The van der Waals surface area contributed by atoms with Crippen LogP contribution in [0.5, 0.6) is 0 Å². The van der Waals surface area contributed by atoms with Crippen LogP contribution in [-0.2, 0) is 28.7 Å². The number of nitrogens with one attached hydrogen (secondary N) is 2. The Kier molecular flexibility index (Phi) is 10.7. The number of rotatable bonds is 14. The maximum absolute atomic E-state index is 14.5. The number of ether oxygens (including phenoxy) is 1. The van der Waals surface area contributed by atoms with E-state index in [9.17, 15) is 28.8 Å². The number of nitrogens with two attached hydrogens (primary N) is 1. The maximum atomic E-state index is 14.5. The fraction of sp³-hybridized carbons (Fsp3) is 0.641. The number of likely N-dealkylation sites (tertiary alicyclic amines) is 1. The van der Waals surface area contributed by atoms with E-state index in [1.165, 1.54) is 0 Å². The van der Waals surface area contributed by atoms with Crippen LogP contribution in [0.25, 0.3) is 0 Å². The third-order valence-corrected chi connectivity index (χ3v) is 11.6. The second kappa shape index (κ2) is 14.3. The lowest BCUT2D eigenvalue weighted by molar-refractivity contribution is -0.156. The van der Waals surface area contributed by atoms with E-state index in [2.05, 4.69) is 31.1 Å². The number of carbonyl (C=O) groups is 6. The minimum Gasteiger partial charge on any atom is -0.451 e. The highest BCUT2D eigenvalue weighted by Crippen LogP contribution is 2.65. The van der Waals surface area contributed by atoms with Gasteiger partial charge in [-0.05, 0) is 59.5 Å². The highest BCUT2D eigenvalue weighted by molar-refractivity contribution is 6.36. The number of piperidine rings is 1. The number of fused-ring (bicyclic) bond motifs is 1. The fourth-order valence-corrected chi connectivity index (χ4v) is 8.34. The largest absolute Gasteiger partial charge is 0.451 e. The second-order valence-electron chi connectivity index (χ2n) is 16.7. The number of urea groups is 1. The summed E-state index contributed by atoms with van der Waals surface area (Å²) in [5, 5.41) is 5.80. The molecule has 4 aliphatic rings. The minimum atomic E-state index is -1.29. The van der Waals surface area contributed by atoms with Crippen molar-refractivity contribution in [2.75, 3.05) is 6.54 Å². The summed E-state index contributed by atoms with van der Waals surface area (Å²) >= 11 is 0. The SMILES string of the molecule is C=CC(OC(=O)C1(NC(=O)N[C@H](C(=O)N2C[C@H]3[C@@H]([C@H]2C(=O)CC(CC2CC2)C(=O)C(N)=O)C3(C)C)C(C)(C)C)CCCCC1)c1ccccc1. The number of ketones is 2. The molecule has 4 amide bonds. The van der Waals surface area contributed by atoms with Gasteiger partial charge in [-0.25, -0.2) is 9.59 Å². The van der Waals surface area contributed by atoms with Crippen molar-refractivity contribution in [2.24, 2.45) is 40.2 Å². The monoisotopic (exact) mass is 690 g/mol.